The molecule has 1 aliphatic rings. The van der Waals surface area contributed by atoms with Gasteiger partial charge in [0.05, 0.1) is 6.10 Å². The van der Waals surface area contributed by atoms with Crippen molar-refractivity contribution in [2.45, 2.75) is 59.5 Å². The molecule has 0 aromatic heterocycles. The maximum Gasteiger partial charge on any atom is 0.191 e. The van der Waals surface area contributed by atoms with Crippen LogP contribution in [0.25, 0.3) is 0 Å². The van der Waals surface area contributed by atoms with Crippen LogP contribution in [0.15, 0.2) is 4.99 Å². The number of ether oxygens (including phenoxy) is 1. The Hall–Kier alpha value is -0.420. The van der Waals surface area contributed by atoms with Crippen molar-refractivity contribution in [3.05, 3.63) is 0 Å². The second kappa shape index (κ2) is 11.2. The predicted molar refractivity (Wildman–Crippen MR) is 104 cm³/mol. The first-order valence-corrected chi connectivity index (χ1v) is 10.5. The molecule has 1 aliphatic heterocycles. The molecule has 136 valence electrons. The summed E-state index contributed by atoms with van der Waals surface area (Å²) in [5.74, 6) is 2.72. The van der Waals surface area contributed by atoms with Crippen molar-refractivity contribution in [3.8, 4) is 0 Å². The van der Waals surface area contributed by atoms with Gasteiger partial charge in [0.1, 0.15) is 0 Å². The third-order valence-corrected chi connectivity index (χ3v) is 4.89. The van der Waals surface area contributed by atoms with Crippen molar-refractivity contribution < 1.29 is 4.74 Å². The van der Waals surface area contributed by atoms with Crippen LogP contribution in [0.4, 0.5) is 0 Å². The highest BCUT2D eigenvalue weighted by Crippen LogP contribution is 2.34. The minimum absolute atomic E-state index is 0.185. The zero-order valence-corrected chi connectivity index (χ0v) is 16.6. The van der Waals surface area contributed by atoms with Crippen LogP contribution in [0.5, 0.6) is 0 Å². The van der Waals surface area contributed by atoms with Crippen LogP contribution < -0.4 is 10.6 Å². The first-order chi connectivity index (χ1) is 11.0. The van der Waals surface area contributed by atoms with Crippen LogP contribution in [-0.2, 0) is 4.74 Å². The van der Waals surface area contributed by atoms with Gasteiger partial charge in [-0.25, -0.2) is 0 Å². The van der Waals surface area contributed by atoms with Crippen LogP contribution in [0.2, 0.25) is 0 Å². The molecule has 4 nitrogen and oxygen atoms in total. The molecule has 1 saturated heterocycles. The maximum atomic E-state index is 6.06. The molecule has 0 amide bonds. The van der Waals surface area contributed by atoms with Crippen LogP contribution in [0.1, 0.15) is 53.4 Å². The van der Waals surface area contributed by atoms with Crippen molar-refractivity contribution >= 4 is 17.7 Å². The van der Waals surface area contributed by atoms with Gasteiger partial charge in [0.2, 0.25) is 0 Å². The molecule has 2 unspecified atom stereocenters. The SMILES string of the molecule is CCNC(=NCC1CCCOC1C(C)(C)C)NCCCCSC. The summed E-state index contributed by atoms with van der Waals surface area (Å²) in [6.07, 6.45) is 7.31. The number of nitrogens with zero attached hydrogens (tertiary/aromatic N) is 1. The van der Waals surface area contributed by atoms with E-state index in [1.165, 1.54) is 25.0 Å². The van der Waals surface area contributed by atoms with E-state index in [4.69, 9.17) is 9.73 Å². The fourth-order valence-electron chi connectivity index (χ4n) is 3.12. The molecule has 0 aromatic carbocycles. The third-order valence-electron chi connectivity index (χ3n) is 4.19. The molecule has 0 bridgehead atoms. The summed E-state index contributed by atoms with van der Waals surface area (Å²) in [7, 11) is 0. The predicted octanol–water partition coefficient (Wildman–Crippen LogP) is 3.53. The van der Waals surface area contributed by atoms with Gasteiger partial charge >= 0.3 is 0 Å². The van der Waals surface area contributed by atoms with Crippen molar-refractivity contribution in [1.29, 1.82) is 0 Å². The summed E-state index contributed by atoms with van der Waals surface area (Å²) >= 11 is 1.91. The van der Waals surface area contributed by atoms with Crippen molar-refractivity contribution in [1.82, 2.24) is 10.6 Å². The van der Waals surface area contributed by atoms with E-state index in [0.29, 0.717) is 12.0 Å². The Morgan fingerprint density at radius 1 is 1.26 bits per heavy atom. The Balaban J connectivity index is 2.50. The zero-order valence-electron chi connectivity index (χ0n) is 15.8. The lowest BCUT2D eigenvalue weighted by Crippen LogP contribution is -2.42. The van der Waals surface area contributed by atoms with Crippen molar-refractivity contribution in [2.75, 3.05) is 38.2 Å². The Kier molecular flexibility index (Phi) is 10.0. The largest absolute Gasteiger partial charge is 0.377 e. The number of hydrogen-bond donors (Lipinski definition) is 2. The Morgan fingerprint density at radius 3 is 2.70 bits per heavy atom. The normalized spacial score (nSPS) is 22.9. The molecule has 0 radical (unpaired) electrons. The molecule has 2 atom stereocenters. The van der Waals surface area contributed by atoms with Gasteiger partial charge in [-0.05, 0) is 50.0 Å². The van der Waals surface area contributed by atoms with Crippen molar-refractivity contribution in [2.24, 2.45) is 16.3 Å². The molecule has 1 fully saturated rings. The fourth-order valence-corrected chi connectivity index (χ4v) is 3.61. The molecule has 2 N–H and O–H groups in total. The van der Waals surface area contributed by atoms with E-state index >= 15 is 0 Å². The van der Waals surface area contributed by atoms with Gasteiger partial charge in [0.25, 0.3) is 0 Å². The Bertz CT molecular complexity index is 342. The lowest BCUT2D eigenvalue weighted by atomic mass is 9.78. The molecule has 1 heterocycles. The van der Waals surface area contributed by atoms with Gasteiger partial charge in [-0.2, -0.15) is 11.8 Å². The number of hydrogen-bond acceptors (Lipinski definition) is 3. The van der Waals surface area contributed by atoms with Gasteiger partial charge in [0, 0.05) is 32.2 Å². The van der Waals surface area contributed by atoms with Crippen LogP contribution in [0.3, 0.4) is 0 Å². The minimum Gasteiger partial charge on any atom is -0.377 e. The summed E-state index contributed by atoms with van der Waals surface area (Å²) in [5.41, 5.74) is 0.185. The molecule has 1 rings (SSSR count). The third kappa shape index (κ3) is 8.30. The fraction of sp³-hybridized carbons (Fsp3) is 0.944. The van der Waals surface area contributed by atoms with Gasteiger partial charge in [0.15, 0.2) is 5.96 Å². The molecule has 0 spiro atoms. The van der Waals surface area contributed by atoms with Crippen LogP contribution >= 0.6 is 11.8 Å². The van der Waals surface area contributed by atoms with Crippen LogP contribution in [0, 0.1) is 11.3 Å². The van der Waals surface area contributed by atoms with Crippen LogP contribution in [-0.4, -0.2) is 50.3 Å². The van der Waals surface area contributed by atoms with Gasteiger partial charge in [-0.3, -0.25) is 4.99 Å². The van der Waals surface area contributed by atoms with Gasteiger partial charge in [-0.1, -0.05) is 20.8 Å². The topological polar surface area (TPSA) is 45.7 Å². The summed E-state index contributed by atoms with van der Waals surface area (Å²) in [6.45, 7) is 12.6. The Labute approximate surface area is 147 Å². The molecule has 5 heteroatoms. The molecular formula is C18H37N3OS. The first kappa shape index (κ1) is 20.6. The first-order valence-electron chi connectivity index (χ1n) is 9.11. The van der Waals surface area contributed by atoms with E-state index in [9.17, 15) is 0 Å². The Morgan fingerprint density at radius 2 is 2.04 bits per heavy atom. The van der Waals surface area contributed by atoms with E-state index in [0.717, 1.165) is 38.6 Å². The summed E-state index contributed by atoms with van der Waals surface area (Å²) in [5, 5.41) is 6.82. The number of nitrogens with one attached hydrogen (secondary N) is 2. The van der Waals surface area contributed by atoms with E-state index in [1.807, 2.05) is 11.8 Å². The highest BCUT2D eigenvalue weighted by molar-refractivity contribution is 7.98. The second-order valence-corrected chi connectivity index (χ2v) is 8.39. The summed E-state index contributed by atoms with van der Waals surface area (Å²) in [4.78, 5) is 4.83. The number of aliphatic imine (C=N–C) groups is 1. The molecular weight excluding hydrogens is 306 g/mol. The number of unbranched alkanes of at least 4 members (excludes halogenated alkanes) is 1. The smallest absolute Gasteiger partial charge is 0.191 e. The maximum absolute atomic E-state index is 6.06. The van der Waals surface area contributed by atoms with Gasteiger partial charge in [-0.15, -0.1) is 0 Å². The average molecular weight is 344 g/mol. The lowest BCUT2D eigenvalue weighted by Gasteiger charge is -2.39. The standard InChI is InChI=1S/C18H37N3OS/c1-6-19-17(20-11-7-8-13-23-5)21-14-15-10-9-12-22-16(15)18(2,3)4/h15-16H,6-14H2,1-5H3,(H2,19,20,21). The van der Waals surface area contributed by atoms with E-state index in [2.05, 4.69) is 44.6 Å². The number of guanidine groups is 1. The molecule has 23 heavy (non-hydrogen) atoms. The summed E-state index contributed by atoms with van der Waals surface area (Å²) in [6, 6.07) is 0. The minimum atomic E-state index is 0.185. The van der Waals surface area contributed by atoms with Crippen molar-refractivity contribution in [3.63, 3.8) is 0 Å². The number of rotatable bonds is 8. The summed E-state index contributed by atoms with van der Waals surface area (Å²) < 4.78 is 6.06. The number of thioether (sulfide) groups is 1. The van der Waals surface area contributed by atoms with E-state index < -0.39 is 0 Å². The lowest BCUT2D eigenvalue weighted by molar-refractivity contribution is -0.0823. The second-order valence-electron chi connectivity index (χ2n) is 7.41. The molecule has 0 saturated carbocycles. The van der Waals surface area contributed by atoms with Gasteiger partial charge < -0.3 is 15.4 Å². The van der Waals surface area contributed by atoms with E-state index in [1.54, 1.807) is 0 Å². The quantitative estimate of drug-likeness (QED) is 0.402. The molecule has 0 aromatic rings. The zero-order chi connectivity index (χ0) is 17.1. The molecule has 0 aliphatic carbocycles. The highest BCUT2D eigenvalue weighted by Gasteiger charge is 2.35. The highest BCUT2D eigenvalue weighted by atomic mass is 32.2. The average Bonchev–Trinajstić information content (AvgIpc) is 2.51. The van der Waals surface area contributed by atoms with E-state index in [-0.39, 0.29) is 5.41 Å². The monoisotopic (exact) mass is 343 g/mol.